The fourth-order valence-electron chi connectivity index (χ4n) is 1.35. The van der Waals surface area contributed by atoms with Crippen LogP contribution in [0.25, 0.3) is 0 Å². The van der Waals surface area contributed by atoms with Crippen LogP contribution in [0, 0.1) is 5.41 Å². The van der Waals surface area contributed by atoms with Crippen LogP contribution in [0.2, 0.25) is 0 Å². The van der Waals surface area contributed by atoms with Gasteiger partial charge in [-0.1, -0.05) is 48.5 Å². The average molecular weight is 266 g/mol. The molecule has 0 aliphatic carbocycles. The van der Waals surface area contributed by atoms with Crippen molar-refractivity contribution in [3.63, 3.8) is 0 Å². The molecule has 0 bridgehead atoms. The van der Waals surface area contributed by atoms with Crippen molar-refractivity contribution in [3.8, 4) is 0 Å². The molecule has 0 radical (unpaired) electrons. The van der Waals surface area contributed by atoms with Gasteiger partial charge in [-0.15, -0.1) is 0 Å². The van der Waals surface area contributed by atoms with Gasteiger partial charge >= 0.3 is 0 Å². The second kappa shape index (κ2) is 25.7. The molecule has 0 saturated heterocycles. The molecule has 0 aliphatic rings. The Morgan fingerprint density at radius 1 is 0.611 bits per heavy atom. The molecule has 0 spiro atoms. The monoisotopic (exact) mass is 266 g/mol. The van der Waals surface area contributed by atoms with E-state index in [1.807, 2.05) is 41.5 Å². The van der Waals surface area contributed by atoms with Crippen molar-refractivity contribution >= 4 is 0 Å². The highest BCUT2D eigenvalue weighted by atomic mass is 16.5. The van der Waals surface area contributed by atoms with Crippen LogP contribution in [0.1, 0.15) is 54.9 Å². The maximum Gasteiger partial charge on any atom is 0.0562 e. The molecular weight excluding hydrogens is 228 g/mol. The molecule has 0 aromatic rings. The first-order valence-electron chi connectivity index (χ1n) is 7.21. The largest absolute Gasteiger partial charge is 0.384 e. The Bertz CT molecular complexity index is 88.9. The number of hydrogen-bond acceptors (Lipinski definition) is 3. The van der Waals surface area contributed by atoms with Crippen LogP contribution in [0.5, 0.6) is 0 Å². The average Bonchev–Trinajstić information content (AvgIpc) is 2.46. The van der Waals surface area contributed by atoms with Crippen molar-refractivity contribution in [2.24, 2.45) is 5.41 Å². The molecule has 116 valence electrons. The van der Waals surface area contributed by atoms with Crippen LogP contribution in [-0.2, 0) is 14.2 Å². The summed E-state index contributed by atoms with van der Waals surface area (Å²) < 4.78 is 15.4. The lowest BCUT2D eigenvalue weighted by molar-refractivity contribution is -0.0403. The van der Waals surface area contributed by atoms with E-state index >= 15 is 0 Å². The first kappa shape index (κ1) is 26.4. The summed E-state index contributed by atoms with van der Waals surface area (Å²) in [5.41, 5.74) is 0.0260. The van der Waals surface area contributed by atoms with E-state index in [-0.39, 0.29) is 5.41 Å². The van der Waals surface area contributed by atoms with E-state index in [1.54, 1.807) is 21.3 Å². The van der Waals surface area contributed by atoms with Gasteiger partial charge in [-0.05, 0) is 6.42 Å². The zero-order valence-corrected chi connectivity index (χ0v) is 14.6. The Labute approximate surface area is 116 Å². The molecule has 0 unspecified atom stereocenters. The number of rotatable bonds is 7. The molecule has 0 fully saturated rings. The number of ether oxygens (including phenoxy) is 3. The van der Waals surface area contributed by atoms with Gasteiger partial charge < -0.3 is 14.2 Å². The maximum atomic E-state index is 5.14. The maximum absolute atomic E-state index is 5.14. The number of hydrogen-bond donors (Lipinski definition) is 0. The third kappa shape index (κ3) is 15.9. The molecule has 0 rings (SSSR count). The van der Waals surface area contributed by atoms with Crippen LogP contribution in [0.3, 0.4) is 0 Å². The predicted molar refractivity (Wildman–Crippen MR) is 82.4 cm³/mol. The van der Waals surface area contributed by atoms with Crippen LogP contribution in [0.15, 0.2) is 0 Å². The van der Waals surface area contributed by atoms with Crippen molar-refractivity contribution in [1.82, 2.24) is 0 Å². The third-order valence-electron chi connectivity index (χ3n) is 2.10. The van der Waals surface area contributed by atoms with Gasteiger partial charge in [-0.3, -0.25) is 0 Å². The summed E-state index contributed by atoms with van der Waals surface area (Å²) in [6.07, 6.45) is 1.00. The van der Waals surface area contributed by atoms with Crippen LogP contribution >= 0.6 is 0 Å². The van der Waals surface area contributed by atoms with Gasteiger partial charge in [0.2, 0.25) is 0 Å². The molecule has 3 heteroatoms. The lowest BCUT2D eigenvalue weighted by Crippen LogP contribution is -2.35. The minimum absolute atomic E-state index is 0.0260. The summed E-state index contributed by atoms with van der Waals surface area (Å²) in [6.45, 7) is 16.2. The number of methoxy groups -OCH3 is 3. The fourth-order valence-corrected chi connectivity index (χ4v) is 1.35. The Morgan fingerprint density at radius 2 is 0.833 bits per heavy atom. The minimum Gasteiger partial charge on any atom is -0.384 e. The molecule has 18 heavy (non-hydrogen) atoms. The highest BCUT2D eigenvalue weighted by Crippen LogP contribution is 2.22. The van der Waals surface area contributed by atoms with Gasteiger partial charge in [0, 0.05) is 26.7 Å². The van der Waals surface area contributed by atoms with E-state index < -0.39 is 0 Å². The minimum atomic E-state index is 0.0260. The first-order valence-corrected chi connectivity index (χ1v) is 7.21. The van der Waals surface area contributed by atoms with E-state index in [1.165, 1.54) is 0 Å². The van der Waals surface area contributed by atoms with Crippen molar-refractivity contribution in [2.45, 2.75) is 54.9 Å². The van der Waals surface area contributed by atoms with Gasteiger partial charge in [0.05, 0.1) is 19.8 Å². The Morgan fingerprint density at radius 3 is 0.944 bits per heavy atom. The zero-order chi connectivity index (χ0) is 15.4. The summed E-state index contributed by atoms with van der Waals surface area (Å²) in [6, 6.07) is 0. The van der Waals surface area contributed by atoms with E-state index in [9.17, 15) is 0 Å². The van der Waals surface area contributed by atoms with E-state index in [4.69, 9.17) is 14.2 Å². The van der Waals surface area contributed by atoms with Crippen LogP contribution < -0.4 is 0 Å². The Kier molecular flexibility index (Phi) is 37.7. The quantitative estimate of drug-likeness (QED) is 0.683. The van der Waals surface area contributed by atoms with Crippen molar-refractivity contribution in [2.75, 3.05) is 41.2 Å². The van der Waals surface area contributed by atoms with Gasteiger partial charge in [0.1, 0.15) is 0 Å². The standard InChI is InChI=1S/C9H20O3.3C2H6/c1-5-9(6-10-2,7-11-3)8-12-4;3*1-2/h5-8H2,1-4H3;3*1-2H3. The van der Waals surface area contributed by atoms with E-state index in [0.717, 1.165) is 6.42 Å². The first-order chi connectivity index (χ1) is 8.74. The van der Waals surface area contributed by atoms with Crippen LogP contribution in [-0.4, -0.2) is 41.2 Å². The van der Waals surface area contributed by atoms with Gasteiger partial charge in [0.15, 0.2) is 0 Å². The molecule has 0 aliphatic heterocycles. The van der Waals surface area contributed by atoms with Gasteiger partial charge in [-0.2, -0.15) is 0 Å². The second-order valence-corrected chi connectivity index (χ2v) is 3.15. The van der Waals surface area contributed by atoms with Crippen molar-refractivity contribution in [1.29, 1.82) is 0 Å². The summed E-state index contributed by atoms with van der Waals surface area (Å²) in [5, 5.41) is 0. The highest BCUT2D eigenvalue weighted by molar-refractivity contribution is 4.76. The summed E-state index contributed by atoms with van der Waals surface area (Å²) in [5.74, 6) is 0. The summed E-state index contributed by atoms with van der Waals surface area (Å²) in [7, 11) is 5.11. The fraction of sp³-hybridized carbons (Fsp3) is 1.00. The molecule has 0 saturated carbocycles. The Balaban J connectivity index is -0.000000141. The van der Waals surface area contributed by atoms with Crippen LogP contribution in [0.4, 0.5) is 0 Å². The molecule has 0 atom stereocenters. The molecule has 0 amide bonds. The SMILES string of the molecule is CC.CC.CC.CCC(COC)(COC)COC. The normalized spacial score (nSPS) is 9.00. The zero-order valence-electron chi connectivity index (χ0n) is 14.6. The molecule has 0 N–H and O–H groups in total. The second-order valence-electron chi connectivity index (χ2n) is 3.15. The molecule has 3 nitrogen and oxygen atoms in total. The van der Waals surface area contributed by atoms with Crippen molar-refractivity contribution in [3.05, 3.63) is 0 Å². The third-order valence-corrected chi connectivity index (χ3v) is 2.10. The predicted octanol–water partition coefficient (Wildman–Crippen LogP) is 4.40. The van der Waals surface area contributed by atoms with Crippen molar-refractivity contribution < 1.29 is 14.2 Å². The molecule has 0 aromatic heterocycles. The lowest BCUT2D eigenvalue weighted by atomic mass is 9.88. The summed E-state index contributed by atoms with van der Waals surface area (Å²) in [4.78, 5) is 0. The molecule has 0 heterocycles. The van der Waals surface area contributed by atoms with Gasteiger partial charge in [-0.25, -0.2) is 0 Å². The molecular formula is C15H38O3. The summed E-state index contributed by atoms with van der Waals surface area (Å²) >= 11 is 0. The Hall–Kier alpha value is -0.120. The molecule has 0 aromatic carbocycles. The van der Waals surface area contributed by atoms with E-state index in [2.05, 4.69) is 6.92 Å². The smallest absolute Gasteiger partial charge is 0.0562 e. The van der Waals surface area contributed by atoms with E-state index in [0.29, 0.717) is 19.8 Å². The topological polar surface area (TPSA) is 27.7 Å². The highest BCUT2D eigenvalue weighted by Gasteiger charge is 2.28. The lowest BCUT2D eigenvalue weighted by Gasteiger charge is -2.30. The van der Waals surface area contributed by atoms with Gasteiger partial charge in [0.25, 0.3) is 0 Å².